The van der Waals surface area contributed by atoms with Gasteiger partial charge in [0.05, 0.1) is 6.20 Å². The predicted octanol–water partition coefficient (Wildman–Crippen LogP) is 0.573. The van der Waals surface area contributed by atoms with Crippen molar-refractivity contribution in [3.05, 3.63) is 27.4 Å². The summed E-state index contributed by atoms with van der Waals surface area (Å²) >= 11 is 5.23. The van der Waals surface area contributed by atoms with Crippen LogP contribution in [0.5, 0.6) is 0 Å². The van der Waals surface area contributed by atoms with Crippen molar-refractivity contribution in [2.24, 2.45) is 7.05 Å². The van der Waals surface area contributed by atoms with E-state index >= 15 is 0 Å². The molecule has 0 fully saturated rings. The zero-order valence-corrected chi connectivity index (χ0v) is 5.89. The molecule has 0 amide bonds. The molecule has 0 saturated carbocycles. The highest BCUT2D eigenvalue weighted by Gasteiger charge is 2.04. The van der Waals surface area contributed by atoms with Crippen LogP contribution >= 0.6 is 11.6 Å². The molecule has 0 aromatic carbocycles. The third kappa shape index (κ3) is 1.02. The van der Waals surface area contributed by atoms with Crippen molar-refractivity contribution in [1.29, 1.82) is 0 Å². The second kappa shape index (κ2) is 2.38. The van der Waals surface area contributed by atoms with Crippen LogP contribution in [0.25, 0.3) is 0 Å². The van der Waals surface area contributed by atoms with Crippen LogP contribution in [0.2, 0.25) is 5.02 Å². The van der Waals surface area contributed by atoms with Gasteiger partial charge in [-0.25, -0.2) is 9.07 Å². The molecule has 0 unspecified atom stereocenters. The van der Waals surface area contributed by atoms with E-state index in [1.807, 2.05) is 0 Å². The van der Waals surface area contributed by atoms with Gasteiger partial charge in [0.15, 0.2) is 5.82 Å². The normalized spacial score (nSPS) is 9.90. The molecule has 0 spiro atoms. The van der Waals surface area contributed by atoms with E-state index in [1.165, 1.54) is 7.05 Å². The Morgan fingerprint density at radius 2 is 2.40 bits per heavy atom. The maximum atomic E-state index is 12.4. The summed E-state index contributed by atoms with van der Waals surface area (Å²) in [6, 6.07) is 0. The van der Waals surface area contributed by atoms with E-state index in [4.69, 9.17) is 11.6 Å². The first kappa shape index (κ1) is 7.21. The molecule has 0 atom stereocenters. The second-order valence-corrected chi connectivity index (χ2v) is 2.11. The molecule has 0 radical (unpaired) electrons. The van der Waals surface area contributed by atoms with Gasteiger partial charge < -0.3 is 0 Å². The number of aryl methyl sites for hydroxylation is 1. The Morgan fingerprint density at radius 1 is 1.80 bits per heavy atom. The lowest BCUT2D eigenvalue weighted by Gasteiger charge is -1.94. The number of aromatic nitrogens is 2. The summed E-state index contributed by atoms with van der Waals surface area (Å²) in [7, 11) is 1.40. The van der Waals surface area contributed by atoms with E-state index in [0.29, 0.717) is 0 Å². The molecule has 10 heavy (non-hydrogen) atoms. The molecule has 0 aliphatic rings. The SMILES string of the molecule is Cn1ncc(F)c(Cl)c1=O. The van der Waals surface area contributed by atoms with Gasteiger partial charge in [-0.05, 0) is 0 Å². The Hall–Kier alpha value is -0.900. The number of halogens is 2. The highest BCUT2D eigenvalue weighted by atomic mass is 35.5. The number of rotatable bonds is 0. The Balaban J connectivity index is 3.50. The maximum absolute atomic E-state index is 12.4. The van der Waals surface area contributed by atoms with Crippen molar-refractivity contribution in [2.75, 3.05) is 0 Å². The summed E-state index contributed by atoms with van der Waals surface area (Å²) in [6.45, 7) is 0. The van der Waals surface area contributed by atoms with E-state index in [1.54, 1.807) is 0 Å². The average molecular weight is 163 g/mol. The van der Waals surface area contributed by atoms with E-state index in [-0.39, 0.29) is 0 Å². The summed E-state index contributed by atoms with van der Waals surface area (Å²) in [5.74, 6) is -0.787. The quantitative estimate of drug-likeness (QED) is 0.559. The first-order valence-electron chi connectivity index (χ1n) is 2.50. The van der Waals surface area contributed by atoms with Gasteiger partial charge in [0.25, 0.3) is 5.56 Å². The third-order valence-electron chi connectivity index (χ3n) is 1.04. The molecule has 0 aliphatic carbocycles. The lowest BCUT2D eigenvalue weighted by molar-refractivity contribution is 0.586. The van der Waals surface area contributed by atoms with Gasteiger partial charge in [-0.2, -0.15) is 5.10 Å². The molecular formula is C5H4ClFN2O. The van der Waals surface area contributed by atoms with Gasteiger partial charge in [-0.3, -0.25) is 4.79 Å². The smallest absolute Gasteiger partial charge is 0.266 e. The molecule has 1 rings (SSSR count). The lowest BCUT2D eigenvalue weighted by Crippen LogP contribution is -2.20. The zero-order chi connectivity index (χ0) is 7.72. The van der Waals surface area contributed by atoms with Gasteiger partial charge in [-0.1, -0.05) is 11.6 Å². The highest BCUT2D eigenvalue weighted by molar-refractivity contribution is 6.30. The van der Waals surface area contributed by atoms with Crippen molar-refractivity contribution in [3.63, 3.8) is 0 Å². The first-order chi connectivity index (χ1) is 4.63. The van der Waals surface area contributed by atoms with Crippen LogP contribution in [0.1, 0.15) is 0 Å². The van der Waals surface area contributed by atoms with Crippen molar-refractivity contribution < 1.29 is 4.39 Å². The largest absolute Gasteiger partial charge is 0.288 e. The Bertz CT molecular complexity index is 309. The van der Waals surface area contributed by atoms with Gasteiger partial charge in [0.1, 0.15) is 5.02 Å². The lowest BCUT2D eigenvalue weighted by atomic mass is 10.5. The van der Waals surface area contributed by atoms with Crippen LogP contribution in [0.3, 0.4) is 0 Å². The van der Waals surface area contributed by atoms with E-state index in [0.717, 1.165) is 10.9 Å². The van der Waals surface area contributed by atoms with Crippen LogP contribution in [0.4, 0.5) is 4.39 Å². The van der Waals surface area contributed by atoms with Crippen LogP contribution < -0.4 is 5.56 Å². The van der Waals surface area contributed by atoms with Crippen molar-refractivity contribution in [1.82, 2.24) is 9.78 Å². The van der Waals surface area contributed by atoms with Crippen LogP contribution in [-0.2, 0) is 7.05 Å². The maximum Gasteiger partial charge on any atom is 0.288 e. The van der Waals surface area contributed by atoms with E-state index in [9.17, 15) is 9.18 Å². The molecule has 3 nitrogen and oxygen atoms in total. The highest BCUT2D eigenvalue weighted by Crippen LogP contribution is 2.04. The summed E-state index contributed by atoms with van der Waals surface area (Å²) in [4.78, 5) is 10.7. The minimum atomic E-state index is -0.787. The molecular weight excluding hydrogens is 159 g/mol. The third-order valence-corrected chi connectivity index (χ3v) is 1.38. The zero-order valence-electron chi connectivity index (χ0n) is 5.14. The molecule has 0 bridgehead atoms. The van der Waals surface area contributed by atoms with Gasteiger partial charge >= 0.3 is 0 Å². The van der Waals surface area contributed by atoms with Gasteiger partial charge in [-0.15, -0.1) is 0 Å². The first-order valence-corrected chi connectivity index (χ1v) is 2.88. The van der Waals surface area contributed by atoms with Crippen molar-refractivity contribution >= 4 is 11.6 Å². The Kier molecular flexibility index (Phi) is 1.72. The predicted molar refractivity (Wildman–Crippen MR) is 34.4 cm³/mol. The Labute approximate surface area is 61.0 Å². The topological polar surface area (TPSA) is 34.9 Å². The van der Waals surface area contributed by atoms with Crippen molar-refractivity contribution in [2.45, 2.75) is 0 Å². The molecule has 0 N–H and O–H groups in total. The van der Waals surface area contributed by atoms with Crippen LogP contribution in [0, 0.1) is 5.82 Å². The van der Waals surface area contributed by atoms with Gasteiger partial charge in [0, 0.05) is 7.05 Å². The standard InChI is InChI=1S/C5H4ClFN2O/c1-9-5(10)4(6)3(7)2-8-9/h2H,1H3. The fraction of sp³-hybridized carbons (Fsp3) is 0.200. The molecule has 5 heteroatoms. The summed E-state index contributed by atoms with van der Waals surface area (Å²) in [6.07, 6.45) is 0.893. The monoisotopic (exact) mass is 162 g/mol. The summed E-state index contributed by atoms with van der Waals surface area (Å²) < 4.78 is 13.3. The molecule has 0 saturated heterocycles. The van der Waals surface area contributed by atoms with Gasteiger partial charge in [0.2, 0.25) is 0 Å². The summed E-state index contributed by atoms with van der Waals surface area (Å²) in [5, 5.41) is 2.96. The molecule has 1 heterocycles. The molecule has 54 valence electrons. The minimum absolute atomic E-state index is 0.419. The fourth-order valence-electron chi connectivity index (χ4n) is 0.491. The fourth-order valence-corrected chi connectivity index (χ4v) is 0.662. The van der Waals surface area contributed by atoms with Crippen LogP contribution in [-0.4, -0.2) is 9.78 Å². The Morgan fingerprint density at radius 3 is 2.90 bits per heavy atom. The average Bonchev–Trinajstić information content (AvgIpc) is 1.93. The molecule has 1 aromatic rings. The van der Waals surface area contributed by atoms with E-state index < -0.39 is 16.4 Å². The van der Waals surface area contributed by atoms with Crippen molar-refractivity contribution in [3.8, 4) is 0 Å². The second-order valence-electron chi connectivity index (χ2n) is 1.74. The van der Waals surface area contributed by atoms with Crippen LogP contribution in [0.15, 0.2) is 11.0 Å². The molecule has 1 aromatic heterocycles. The number of hydrogen-bond donors (Lipinski definition) is 0. The molecule has 0 aliphatic heterocycles. The number of hydrogen-bond acceptors (Lipinski definition) is 2. The van der Waals surface area contributed by atoms with E-state index in [2.05, 4.69) is 5.10 Å². The minimum Gasteiger partial charge on any atom is -0.266 e. The number of nitrogens with zero attached hydrogens (tertiary/aromatic N) is 2. The summed E-state index contributed by atoms with van der Waals surface area (Å²) in [5.41, 5.74) is -0.623.